The first kappa shape index (κ1) is 14.1. The molecule has 0 saturated heterocycles. The van der Waals surface area contributed by atoms with Crippen molar-refractivity contribution in [2.45, 2.75) is 64.3 Å². The summed E-state index contributed by atoms with van der Waals surface area (Å²) in [5, 5.41) is 3.55. The van der Waals surface area contributed by atoms with Crippen LogP contribution in [0.5, 0.6) is 0 Å². The molecule has 2 rings (SSSR count). The number of nitrogens with one attached hydrogen (secondary N) is 2. The average Bonchev–Trinajstić information content (AvgIpc) is 2.41. The van der Waals surface area contributed by atoms with Crippen molar-refractivity contribution < 1.29 is 0 Å². The van der Waals surface area contributed by atoms with E-state index in [0.717, 1.165) is 18.1 Å². The molecule has 0 aliphatic heterocycles. The summed E-state index contributed by atoms with van der Waals surface area (Å²) in [4.78, 5) is 8.84. The Labute approximate surface area is 115 Å². The van der Waals surface area contributed by atoms with Crippen LogP contribution in [0.25, 0.3) is 0 Å². The second kappa shape index (κ2) is 7.28. The van der Waals surface area contributed by atoms with Gasteiger partial charge in [-0.25, -0.2) is 15.8 Å². The Bertz CT molecular complexity index is 363. The standard InChI is InChI=1S/C14H25N5/c1-2-12-17-13(10-14(18-12)19-15)16-11-8-6-4-3-5-7-9-11/h10-11H,2-9,15H2,1H3,(H2,16,17,18,19). The molecule has 0 bridgehead atoms. The molecule has 0 atom stereocenters. The van der Waals surface area contributed by atoms with Gasteiger partial charge in [0.25, 0.3) is 0 Å². The van der Waals surface area contributed by atoms with Gasteiger partial charge in [0.1, 0.15) is 17.5 Å². The molecule has 1 aromatic heterocycles. The van der Waals surface area contributed by atoms with Gasteiger partial charge in [-0.15, -0.1) is 0 Å². The molecule has 4 N–H and O–H groups in total. The van der Waals surface area contributed by atoms with Gasteiger partial charge in [0.05, 0.1) is 0 Å². The molecule has 1 fully saturated rings. The third-order valence-corrected chi connectivity index (χ3v) is 3.69. The predicted octanol–water partition coefficient (Wildman–Crippen LogP) is 2.85. The van der Waals surface area contributed by atoms with Crippen LogP contribution in [0.15, 0.2) is 6.07 Å². The summed E-state index contributed by atoms with van der Waals surface area (Å²) in [6.07, 6.45) is 10.0. The summed E-state index contributed by atoms with van der Waals surface area (Å²) in [5.74, 6) is 7.85. The zero-order valence-electron chi connectivity index (χ0n) is 11.8. The van der Waals surface area contributed by atoms with Crippen LogP contribution in [0.3, 0.4) is 0 Å². The fourth-order valence-corrected chi connectivity index (χ4v) is 2.61. The summed E-state index contributed by atoms with van der Waals surface area (Å²) in [6, 6.07) is 2.42. The van der Waals surface area contributed by atoms with E-state index in [4.69, 9.17) is 5.84 Å². The second-order valence-corrected chi connectivity index (χ2v) is 5.24. The molecule has 106 valence electrons. The maximum absolute atomic E-state index is 5.45. The van der Waals surface area contributed by atoms with Crippen molar-refractivity contribution in [1.29, 1.82) is 0 Å². The van der Waals surface area contributed by atoms with E-state index >= 15 is 0 Å². The summed E-state index contributed by atoms with van der Waals surface area (Å²) < 4.78 is 0. The van der Waals surface area contributed by atoms with Crippen molar-refractivity contribution in [2.24, 2.45) is 5.84 Å². The van der Waals surface area contributed by atoms with E-state index in [2.05, 4.69) is 27.6 Å². The number of hydrogen-bond acceptors (Lipinski definition) is 5. The van der Waals surface area contributed by atoms with Gasteiger partial charge in [-0.1, -0.05) is 39.0 Å². The van der Waals surface area contributed by atoms with Crippen molar-refractivity contribution in [3.63, 3.8) is 0 Å². The zero-order chi connectivity index (χ0) is 13.5. The number of hydrazine groups is 1. The van der Waals surface area contributed by atoms with Crippen molar-refractivity contribution in [2.75, 3.05) is 10.7 Å². The summed E-state index contributed by atoms with van der Waals surface area (Å²) in [6.45, 7) is 2.05. The Morgan fingerprint density at radius 2 is 1.74 bits per heavy atom. The monoisotopic (exact) mass is 263 g/mol. The number of aryl methyl sites for hydroxylation is 1. The van der Waals surface area contributed by atoms with E-state index in [1.54, 1.807) is 0 Å². The number of anilines is 2. The highest BCUT2D eigenvalue weighted by molar-refractivity contribution is 5.47. The van der Waals surface area contributed by atoms with Crippen molar-refractivity contribution in [3.8, 4) is 0 Å². The fourth-order valence-electron chi connectivity index (χ4n) is 2.61. The highest BCUT2D eigenvalue weighted by Gasteiger charge is 2.12. The first-order valence-corrected chi connectivity index (χ1v) is 7.43. The van der Waals surface area contributed by atoms with Crippen LogP contribution in [0.2, 0.25) is 0 Å². The fraction of sp³-hybridized carbons (Fsp3) is 0.714. The lowest BCUT2D eigenvalue weighted by molar-refractivity contribution is 0.470. The number of hydrogen-bond donors (Lipinski definition) is 3. The molecular formula is C14H25N5. The lowest BCUT2D eigenvalue weighted by Crippen LogP contribution is -2.22. The third kappa shape index (κ3) is 4.35. The van der Waals surface area contributed by atoms with Gasteiger partial charge in [0.2, 0.25) is 0 Å². The molecule has 19 heavy (non-hydrogen) atoms. The van der Waals surface area contributed by atoms with E-state index in [9.17, 15) is 0 Å². The highest BCUT2D eigenvalue weighted by Crippen LogP contribution is 2.21. The molecule has 0 spiro atoms. The second-order valence-electron chi connectivity index (χ2n) is 5.24. The number of aromatic nitrogens is 2. The van der Waals surface area contributed by atoms with Gasteiger partial charge >= 0.3 is 0 Å². The Hall–Kier alpha value is -1.36. The minimum Gasteiger partial charge on any atom is -0.367 e. The maximum Gasteiger partial charge on any atom is 0.145 e. The lowest BCUT2D eigenvalue weighted by Gasteiger charge is -2.22. The Balaban J connectivity index is 2.03. The van der Waals surface area contributed by atoms with Crippen LogP contribution in [-0.4, -0.2) is 16.0 Å². The highest BCUT2D eigenvalue weighted by atomic mass is 15.3. The van der Waals surface area contributed by atoms with Gasteiger partial charge in [-0.2, -0.15) is 0 Å². The van der Waals surface area contributed by atoms with Gasteiger partial charge in [0, 0.05) is 18.5 Å². The van der Waals surface area contributed by atoms with E-state index in [-0.39, 0.29) is 0 Å². The number of nitrogens with zero attached hydrogens (tertiary/aromatic N) is 2. The quantitative estimate of drug-likeness (QED) is 0.575. The molecule has 0 unspecified atom stereocenters. The Morgan fingerprint density at radius 3 is 2.37 bits per heavy atom. The van der Waals surface area contributed by atoms with Crippen molar-refractivity contribution >= 4 is 11.6 Å². The van der Waals surface area contributed by atoms with Gasteiger partial charge < -0.3 is 10.7 Å². The number of rotatable bonds is 4. The van der Waals surface area contributed by atoms with E-state index in [1.807, 2.05) is 6.07 Å². The summed E-state index contributed by atoms with van der Waals surface area (Å²) in [7, 11) is 0. The SMILES string of the molecule is CCc1nc(NN)cc(NC2CCCCCCC2)n1. The zero-order valence-corrected chi connectivity index (χ0v) is 11.8. The average molecular weight is 263 g/mol. The molecular weight excluding hydrogens is 238 g/mol. The molecule has 0 amide bonds. The minimum absolute atomic E-state index is 0.533. The largest absolute Gasteiger partial charge is 0.367 e. The van der Waals surface area contributed by atoms with Crippen LogP contribution < -0.4 is 16.6 Å². The van der Waals surface area contributed by atoms with Crippen LogP contribution >= 0.6 is 0 Å². The molecule has 5 nitrogen and oxygen atoms in total. The Kier molecular flexibility index (Phi) is 5.39. The van der Waals surface area contributed by atoms with Crippen molar-refractivity contribution in [1.82, 2.24) is 9.97 Å². The van der Waals surface area contributed by atoms with E-state index < -0.39 is 0 Å². The molecule has 1 heterocycles. The van der Waals surface area contributed by atoms with Crippen LogP contribution in [0.4, 0.5) is 11.6 Å². The molecule has 0 aromatic carbocycles. The van der Waals surface area contributed by atoms with Gasteiger partial charge in [-0.05, 0) is 12.8 Å². The van der Waals surface area contributed by atoms with Crippen LogP contribution in [0, 0.1) is 0 Å². The number of nitrogen functional groups attached to an aromatic ring is 1. The van der Waals surface area contributed by atoms with E-state index in [1.165, 1.54) is 44.9 Å². The first-order valence-electron chi connectivity index (χ1n) is 7.43. The molecule has 0 radical (unpaired) electrons. The smallest absolute Gasteiger partial charge is 0.145 e. The van der Waals surface area contributed by atoms with Crippen LogP contribution in [0.1, 0.15) is 57.7 Å². The topological polar surface area (TPSA) is 75.9 Å². The predicted molar refractivity (Wildman–Crippen MR) is 78.9 cm³/mol. The molecule has 1 aliphatic carbocycles. The minimum atomic E-state index is 0.533. The lowest BCUT2D eigenvalue weighted by atomic mass is 9.97. The molecule has 5 heteroatoms. The number of nitrogens with two attached hydrogens (primary N) is 1. The molecule has 1 aromatic rings. The van der Waals surface area contributed by atoms with Gasteiger partial charge in [0.15, 0.2) is 0 Å². The van der Waals surface area contributed by atoms with E-state index in [0.29, 0.717) is 11.9 Å². The summed E-state index contributed by atoms with van der Waals surface area (Å²) in [5.41, 5.74) is 2.61. The maximum atomic E-state index is 5.45. The molecule has 1 aliphatic rings. The normalized spacial score (nSPS) is 17.6. The van der Waals surface area contributed by atoms with Gasteiger partial charge in [-0.3, -0.25) is 0 Å². The summed E-state index contributed by atoms with van der Waals surface area (Å²) >= 11 is 0. The third-order valence-electron chi connectivity index (χ3n) is 3.69. The Morgan fingerprint density at radius 1 is 1.11 bits per heavy atom. The molecule has 1 saturated carbocycles. The van der Waals surface area contributed by atoms with Crippen LogP contribution in [-0.2, 0) is 6.42 Å². The first-order chi connectivity index (χ1) is 9.31. The van der Waals surface area contributed by atoms with Crippen molar-refractivity contribution in [3.05, 3.63) is 11.9 Å².